The minimum atomic E-state index is -3.34. The van der Waals surface area contributed by atoms with Crippen molar-refractivity contribution in [3.8, 4) is 0 Å². The lowest BCUT2D eigenvalue weighted by Gasteiger charge is -2.34. The zero-order chi connectivity index (χ0) is 17.7. The summed E-state index contributed by atoms with van der Waals surface area (Å²) in [5, 5.41) is 0. The third-order valence-corrected chi connectivity index (χ3v) is 7.62. The van der Waals surface area contributed by atoms with E-state index in [0.717, 1.165) is 51.7 Å². The lowest BCUT2D eigenvalue weighted by Crippen LogP contribution is -2.48. The number of hydrogen-bond acceptors (Lipinski definition) is 3. The van der Waals surface area contributed by atoms with Crippen molar-refractivity contribution < 1.29 is 8.42 Å². The fourth-order valence-corrected chi connectivity index (χ4v) is 5.62. The monoisotopic (exact) mass is 365 g/mol. The molecule has 25 heavy (non-hydrogen) atoms. The van der Waals surface area contributed by atoms with Crippen molar-refractivity contribution in [3.63, 3.8) is 0 Å². The first-order valence-electron chi connectivity index (χ1n) is 9.57. The second-order valence-corrected chi connectivity index (χ2v) is 9.32. The molecule has 1 aliphatic carbocycles. The van der Waals surface area contributed by atoms with Crippen molar-refractivity contribution in [2.45, 2.75) is 51.1 Å². The van der Waals surface area contributed by atoms with E-state index in [-0.39, 0.29) is 6.04 Å². The molecule has 0 unspecified atom stereocenters. The van der Waals surface area contributed by atoms with E-state index in [0.29, 0.717) is 13.1 Å². The number of hydrogen-bond donors (Lipinski definition) is 0. The van der Waals surface area contributed by atoms with Crippen molar-refractivity contribution >= 4 is 10.2 Å². The van der Waals surface area contributed by atoms with Crippen LogP contribution in [0, 0.1) is 0 Å². The normalized spacial score (nSPS) is 22.2. The fourth-order valence-electron chi connectivity index (χ4n) is 3.99. The van der Waals surface area contributed by atoms with Gasteiger partial charge in [-0.15, -0.1) is 0 Å². The molecule has 0 spiro atoms. The van der Waals surface area contributed by atoms with Gasteiger partial charge in [-0.3, -0.25) is 4.90 Å². The Labute approximate surface area is 152 Å². The van der Waals surface area contributed by atoms with Gasteiger partial charge in [-0.2, -0.15) is 17.0 Å². The van der Waals surface area contributed by atoms with Gasteiger partial charge in [0.05, 0.1) is 0 Å². The Kier molecular flexibility index (Phi) is 6.49. The van der Waals surface area contributed by atoms with Crippen LogP contribution in [0.15, 0.2) is 30.3 Å². The molecule has 1 aromatic carbocycles. The van der Waals surface area contributed by atoms with Crippen LogP contribution in [0.4, 0.5) is 0 Å². The van der Waals surface area contributed by atoms with E-state index in [1.54, 1.807) is 15.7 Å². The Morgan fingerprint density at radius 2 is 1.68 bits per heavy atom. The van der Waals surface area contributed by atoms with Crippen LogP contribution < -0.4 is 0 Å². The van der Waals surface area contributed by atoms with Gasteiger partial charge in [-0.25, -0.2) is 0 Å². The molecule has 140 valence electrons. The average molecular weight is 366 g/mol. The Morgan fingerprint density at radius 3 is 2.40 bits per heavy atom. The van der Waals surface area contributed by atoms with Gasteiger partial charge in [0.15, 0.2) is 0 Å². The minimum Gasteiger partial charge on any atom is -0.298 e. The van der Waals surface area contributed by atoms with E-state index in [4.69, 9.17) is 0 Å². The lowest BCUT2D eigenvalue weighted by atomic mass is 9.96. The summed E-state index contributed by atoms with van der Waals surface area (Å²) in [4.78, 5) is 2.37. The zero-order valence-electron chi connectivity index (χ0n) is 15.3. The summed E-state index contributed by atoms with van der Waals surface area (Å²) in [5.41, 5.74) is 1.29. The quantitative estimate of drug-likeness (QED) is 0.806. The summed E-state index contributed by atoms with van der Waals surface area (Å²) in [7, 11) is -1.57. The second-order valence-electron chi connectivity index (χ2n) is 7.33. The van der Waals surface area contributed by atoms with Gasteiger partial charge in [0.25, 0.3) is 10.2 Å². The van der Waals surface area contributed by atoms with E-state index >= 15 is 0 Å². The molecule has 1 aliphatic heterocycles. The molecule has 1 aromatic rings. The summed E-state index contributed by atoms with van der Waals surface area (Å²) in [6.07, 6.45) is 6.44. The first-order chi connectivity index (χ1) is 12.1. The molecular weight excluding hydrogens is 334 g/mol. The van der Waals surface area contributed by atoms with E-state index in [1.807, 2.05) is 6.07 Å². The van der Waals surface area contributed by atoms with Crippen LogP contribution >= 0.6 is 0 Å². The minimum absolute atomic E-state index is 0.183. The topological polar surface area (TPSA) is 43.9 Å². The zero-order valence-corrected chi connectivity index (χ0v) is 16.1. The highest BCUT2D eigenvalue weighted by Crippen LogP contribution is 2.25. The van der Waals surface area contributed by atoms with E-state index in [2.05, 4.69) is 29.2 Å². The van der Waals surface area contributed by atoms with Crippen LogP contribution in [0.1, 0.15) is 44.1 Å². The fraction of sp³-hybridized carbons (Fsp3) is 0.684. The molecule has 5 nitrogen and oxygen atoms in total. The van der Waals surface area contributed by atoms with Gasteiger partial charge in [0.2, 0.25) is 0 Å². The Morgan fingerprint density at radius 1 is 0.960 bits per heavy atom. The number of benzene rings is 1. The molecule has 0 N–H and O–H groups in total. The summed E-state index contributed by atoms with van der Waals surface area (Å²) >= 11 is 0. The Bertz CT molecular complexity index is 629. The van der Waals surface area contributed by atoms with Crippen LogP contribution in [0.3, 0.4) is 0 Å². The van der Waals surface area contributed by atoms with E-state index in [1.165, 1.54) is 12.0 Å². The van der Waals surface area contributed by atoms with Crippen LogP contribution in [0.2, 0.25) is 0 Å². The molecule has 0 aromatic heterocycles. The molecule has 0 amide bonds. The van der Waals surface area contributed by atoms with Crippen molar-refractivity contribution in [1.82, 2.24) is 13.5 Å². The van der Waals surface area contributed by atoms with Crippen LogP contribution in [0.5, 0.6) is 0 Å². The predicted molar refractivity (Wildman–Crippen MR) is 101 cm³/mol. The molecule has 0 radical (unpaired) electrons. The maximum atomic E-state index is 13.0. The van der Waals surface area contributed by atoms with Gasteiger partial charge in [0.1, 0.15) is 0 Å². The third kappa shape index (κ3) is 4.82. The SMILES string of the molecule is CN(C1CCCCC1)S(=O)(=O)N1CCCN(Cc2ccccc2)CC1. The smallest absolute Gasteiger partial charge is 0.282 e. The van der Waals surface area contributed by atoms with Gasteiger partial charge in [0, 0.05) is 39.3 Å². The van der Waals surface area contributed by atoms with Crippen LogP contribution in [0.25, 0.3) is 0 Å². The maximum Gasteiger partial charge on any atom is 0.282 e. The highest BCUT2D eigenvalue weighted by atomic mass is 32.2. The van der Waals surface area contributed by atoms with Gasteiger partial charge >= 0.3 is 0 Å². The first-order valence-corrected chi connectivity index (χ1v) is 11.0. The van der Waals surface area contributed by atoms with Gasteiger partial charge in [-0.05, 0) is 31.4 Å². The molecule has 1 heterocycles. The second kappa shape index (κ2) is 8.62. The highest BCUT2D eigenvalue weighted by Gasteiger charge is 2.33. The molecule has 1 saturated heterocycles. The molecule has 0 atom stereocenters. The molecule has 2 fully saturated rings. The van der Waals surface area contributed by atoms with Crippen LogP contribution in [-0.2, 0) is 16.8 Å². The molecular formula is C19H31N3O2S. The molecule has 2 aliphatic rings. The average Bonchev–Trinajstić information content (AvgIpc) is 2.89. The number of rotatable bonds is 5. The Balaban J connectivity index is 1.59. The summed E-state index contributed by atoms with van der Waals surface area (Å²) in [5.74, 6) is 0. The molecule has 0 bridgehead atoms. The summed E-state index contributed by atoms with van der Waals surface area (Å²) < 4.78 is 29.4. The van der Waals surface area contributed by atoms with Crippen molar-refractivity contribution in [1.29, 1.82) is 0 Å². The Hall–Kier alpha value is -0.950. The standard InChI is InChI=1S/C19H31N3O2S/c1-20(19-11-6-3-7-12-19)25(23,24)22-14-8-13-21(15-16-22)17-18-9-4-2-5-10-18/h2,4-5,9-10,19H,3,6-8,11-17H2,1H3. The summed E-state index contributed by atoms with van der Waals surface area (Å²) in [6, 6.07) is 10.6. The molecule has 3 rings (SSSR count). The largest absolute Gasteiger partial charge is 0.298 e. The van der Waals surface area contributed by atoms with Gasteiger partial charge < -0.3 is 0 Å². The molecule has 6 heteroatoms. The van der Waals surface area contributed by atoms with Crippen LogP contribution in [-0.4, -0.2) is 61.2 Å². The van der Waals surface area contributed by atoms with E-state index < -0.39 is 10.2 Å². The molecule has 1 saturated carbocycles. The van der Waals surface area contributed by atoms with E-state index in [9.17, 15) is 8.42 Å². The number of nitrogens with zero attached hydrogens (tertiary/aromatic N) is 3. The van der Waals surface area contributed by atoms with Crippen molar-refractivity contribution in [2.75, 3.05) is 33.2 Å². The van der Waals surface area contributed by atoms with Crippen molar-refractivity contribution in [2.24, 2.45) is 0 Å². The lowest BCUT2D eigenvalue weighted by molar-refractivity contribution is 0.257. The first kappa shape index (κ1) is 18.8. The van der Waals surface area contributed by atoms with Gasteiger partial charge in [-0.1, -0.05) is 49.6 Å². The predicted octanol–water partition coefficient (Wildman–Crippen LogP) is 2.70. The van der Waals surface area contributed by atoms with Crippen molar-refractivity contribution in [3.05, 3.63) is 35.9 Å². The third-order valence-electron chi connectivity index (χ3n) is 5.58. The highest BCUT2D eigenvalue weighted by molar-refractivity contribution is 7.86. The summed E-state index contributed by atoms with van der Waals surface area (Å²) in [6.45, 7) is 3.87. The maximum absolute atomic E-state index is 13.0.